The predicted octanol–water partition coefficient (Wildman–Crippen LogP) is -0.498. The van der Waals surface area contributed by atoms with Gasteiger partial charge < -0.3 is 27.4 Å². The van der Waals surface area contributed by atoms with E-state index in [-0.39, 0.29) is 16.1 Å². The number of carbonyl (C=O) groups excluding carboxylic acids is 2. The number of primary amides is 2. The summed E-state index contributed by atoms with van der Waals surface area (Å²) in [5.74, 6) is -1.34. The third-order valence-electron chi connectivity index (χ3n) is 2.26. The second kappa shape index (κ2) is 5.69. The number of nitrogen functional groups attached to an aromatic ring is 1. The zero-order chi connectivity index (χ0) is 13.9. The highest BCUT2D eigenvalue weighted by Crippen LogP contribution is 2.34. The molecule has 100 valence electrons. The average Bonchev–Trinajstić information content (AvgIpc) is 2.55. The number of nitrogens with one attached hydrogen (secondary N) is 1. The Kier molecular flexibility index (Phi) is 4.51. The topological polar surface area (TPSA) is 127 Å². The van der Waals surface area contributed by atoms with E-state index in [1.807, 2.05) is 19.0 Å². The van der Waals surface area contributed by atoms with Crippen molar-refractivity contribution in [1.82, 2.24) is 4.90 Å². The van der Waals surface area contributed by atoms with Crippen LogP contribution < -0.4 is 22.5 Å². The third-order valence-corrected chi connectivity index (χ3v) is 3.44. The van der Waals surface area contributed by atoms with Gasteiger partial charge in [0.05, 0.1) is 11.3 Å². The van der Waals surface area contributed by atoms with Gasteiger partial charge in [0.1, 0.15) is 9.88 Å². The number of rotatable bonds is 6. The van der Waals surface area contributed by atoms with Crippen LogP contribution in [0.4, 0.5) is 10.7 Å². The van der Waals surface area contributed by atoms with Gasteiger partial charge in [-0.1, -0.05) is 0 Å². The second-order valence-electron chi connectivity index (χ2n) is 4.01. The molecule has 0 fully saturated rings. The molecule has 1 heterocycles. The number of hydrogen-bond acceptors (Lipinski definition) is 6. The molecule has 7 N–H and O–H groups in total. The highest BCUT2D eigenvalue weighted by Gasteiger charge is 2.22. The SMILES string of the molecule is CN(C)CCNc1sc(C(N)=O)c(N)c1C(N)=O. The third kappa shape index (κ3) is 3.11. The van der Waals surface area contributed by atoms with Crippen LogP contribution in [0.2, 0.25) is 0 Å². The summed E-state index contributed by atoms with van der Waals surface area (Å²) in [6.45, 7) is 1.37. The molecule has 2 amide bonds. The van der Waals surface area contributed by atoms with Crippen LogP contribution in [0.1, 0.15) is 20.0 Å². The number of nitrogens with two attached hydrogens (primary N) is 3. The van der Waals surface area contributed by atoms with Gasteiger partial charge in [-0.2, -0.15) is 0 Å². The van der Waals surface area contributed by atoms with E-state index >= 15 is 0 Å². The smallest absolute Gasteiger partial charge is 0.260 e. The van der Waals surface area contributed by atoms with Crippen LogP contribution in [0.25, 0.3) is 0 Å². The minimum absolute atomic E-state index is 0.0485. The summed E-state index contributed by atoms with van der Waals surface area (Å²) in [5, 5.41) is 3.51. The van der Waals surface area contributed by atoms with Crippen molar-refractivity contribution in [3.63, 3.8) is 0 Å². The fourth-order valence-corrected chi connectivity index (χ4v) is 2.39. The largest absolute Gasteiger partial charge is 0.397 e. The molecule has 0 aliphatic rings. The molecule has 0 saturated heterocycles. The first-order valence-electron chi connectivity index (χ1n) is 5.25. The van der Waals surface area contributed by atoms with Gasteiger partial charge in [0, 0.05) is 13.1 Å². The molecular formula is C10H17N5O2S. The molecule has 0 saturated carbocycles. The Balaban J connectivity index is 2.99. The number of nitrogens with zero attached hydrogens (tertiary/aromatic N) is 1. The average molecular weight is 271 g/mol. The fraction of sp³-hybridized carbons (Fsp3) is 0.400. The normalized spacial score (nSPS) is 10.6. The molecule has 0 spiro atoms. The number of thiophene rings is 1. The van der Waals surface area contributed by atoms with Crippen molar-refractivity contribution < 1.29 is 9.59 Å². The van der Waals surface area contributed by atoms with Crippen molar-refractivity contribution in [2.45, 2.75) is 0 Å². The minimum atomic E-state index is -0.677. The number of anilines is 2. The number of hydrogen-bond donors (Lipinski definition) is 4. The zero-order valence-corrected chi connectivity index (χ0v) is 11.1. The Morgan fingerprint density at radius 3 is 2.33 bits per heavy atom. The van der Waals surface area contributed by atoms with Crippen LogP contribution in [0, 0.1) is 0 Å². The Hall–Kier alpha value is -1.80. The van der Waals surface area contributed by atoms with E-state index in [4.69, 9.17) is 17.2 Å². The molecule has 0 aliphatic carbocycles. The van der Waals surface area contributed by atoms with E-state index < -0.39 is 11.8 Å². The highest BCUT2D eigenvalue weighted by molar-refractivity contribution is 7.19. The van der Waals surface area contributed by atoms with Gasteiger partial charge >= 0.3 is 0 Å². The van der Waals surface area contributed by atoms with E-state index in [9.17, 15) is 9.59 Å². The van der Waals surface area contributed by atoms with Crippen molar-refractivity contribution >= 4 is 33.8 Å². The molecule has 1 aromatic rings. The monoisotopic (exact) mass is 271 g/mol. The molecule has 1 aromatic heterocycles. The van der Waals surface area contributed by atoms with Gasteiger partial charge in [-0.25, -0.2) is 0 Å². The molecule has 0 aromatic carbocycles. The first kappa shape index (κ1) is 14.3. The first-order valence-corrected chi connectivity index (χ1v) is 6.06. The Labute approximate surface area is 109 Å². The molecule has 0 unspecified atom stereocenters. The lowest BCUT2D eigenvalue weighted by molar-refractivity contribution is 0.0999. The minimum Gasteiger partial charge on any atom is -0.397 e. The zero-order valence-electron chi connectivity index (χ0n) is 10.3. The number of carbonyl (C=O) groups is 2. The van der Waals surface area contributed by atoms with Crippen molar-refractivity contribution in [3.05, 3.63) is 10.4 Å². The van der Waals surface area contributed by atoms with Crippen molar-refractivity contribution in [3.8, 4) is 0 Å². The molecule has 7 nitrogen and oxygen atoms in total. The summed E-state index contributed by atoms with van der Waals surface area (Å²) in [6, 6.07) is 0. The van der Waals surface area contributed by atoms with E-state index in [0.717, 1.165) is 17.9 Å². The van der Waals surface area contributed by atoms with Gasteiger partial charge in [0.25, 0.3) is 11.8 Å². The molecule has 0 bridgehead atoms. The lowest BCUT2D eigenvalue weighted by Gasteiger charge is -2.10. The van der Waals surface area contributed by atoms with E-state index in [1.54, 1.807) is 0 Å². The van der Waals surface area contributed by atoms with E-state index in [1.165, 1.54) is 0 Å². The predicted molar refractivity (Wildman–Crippen MR) is 72.8 cm³/mol. The summed E-state index contributed by atoms with van der Waals surface area (Å²) in [7, 11) is 3.85. The number of amides is 2. The summed E-state index contributed by atoms with van der Waals surface area (Å²) >= 11 is 1.04. The van der Waals surface area contributed by atoms with Crippen LogP contribution >= 0.6 is 11.3 Å². The van der Waals surface area contributed by atoms with Crippen molar-refractivity contribution in [1.29, 1.82) is 0 Å². The van der Waals surface area contributed by atoms with Gasteiger partial charge in [-0.3, -0.25) is 9.59 Å². The van der Waals surface area contributed by atoms with E-state index in [2.05, 4.69) is 5.32 Å². The lowest BCUT2D eigenvalue weighted by Crippen LogP contribution is -2.22. The van der Waals surface area contributed by atoms with Crippen LogP contribution in [0.15, 0.2) is 0 Å². The fourth-order valence-electron chi connectivity index (χ4n) is 1.39. The quantitative estimate of drug-likeness (QED) is 0.554. The molecule has 0 aliphatic heterocycles. The van der Waals surface area contributed by atoms with Crippen LogP contribution in [-0.4, -0.2) is 43.9 Å². The van der Waals surface area contributed by atoms with Gasteiger partial charge in [0.15, 0.2) is 0 Å². The molecule has 1 rings (SSSR count). The van der Waals surface area contributed by atoms with Crippen molar-refractivity contribution in [2.24, 2.45) is 11.5 Å². The molecule has 8 heteroatoms. The standard InChI is InChI=1S/C10H17N5O2S/c1-15(2)4-3-14-10-5(8(12)16)6(11)7(18-10)9(13)17/h14H,3-4,11H2,1-2H3,(H2,12,16)(H2,13,17). The Bertz CT molecular complexity index is 469. The lowest BCUT2D eigenvalue weighted by atomic mass is 10.2. The molecule has 18 heavy (non-hydrogen) atoms. The van der Waals surface area contributed by atoms with Crippen molar-refractivity contribution in [2.75, 3.05) is 38.2 Å². The molecule has 0 atom stereocenters. The van der Waals surface area contributed by atoms with Crippen LogP contribution in [0.3, 0.4) is 0 Å². The van der Waals surface area contributed by atoms with Gasteiger partial charge in [-0.15, -0.1) is 11.3 Å². The maximum atomic E-state index is 11.3. The first-order chi connectivity index (χ1) is 8.34. The summed E-state index contributed by atoms with van der Waals surface area (Å²) < 4.78 is 0. The summed E-state index contributed by atoms with van der Waals surface area (Å²) in [5.41, 5.74) is 16.3. The van der Waals surface area contributed by atoms with E-state index in [0.29, 0.717) is 11.5 Å². The summed E-state index contributed by atoms with van der Waals surface area (Å²) in [6.07, 6.45) is 0. The Morgan fingerprint density at radius 1 is 1.28 bits per heavy atom. The molecule has 0 radical (unpaired) electrons. The van der Waals surface area contributed by atoms with Gasteiger partial charge in [-0.05, 0) is 14.1 Å². The molecular weight excluding hydrogens is 254 g/mol. The maximum absolute atomic E-state index is 11.3. The van der Waals surface area contributed by atoms with Crippen LogP contribution in [0.5, 0.6) is 0 Å². The number of likely N-dealkylation sites (N-methyl/N-ethyl adjacent to an activating group) is 1. The highest BCUT2D eigenvalue weighted by atomic mass is 32.1. The second-order valence-corrected chi connectivity index (χ2v) is 5.03. The Morgan fingerprint density at radius 2 is 1.89 bits per heavy atom. The maximum Gasteiger partial charge on any atom is 0.260 e. The van der Waals surface area contributed by atoms with Crippen LogP contribution in [-0.2, 0) is 0 Å². The van der Waals surface area contributed by atoms with Gasteiger partial charge in [0.2, 0.25) is 0 Å². The summed E-state index contributed by atoms with van der Waals surface area (Å²) in [4.78, 5) is 24.6.